The molecule has 3 heteroatoms. The van der Waals surface area contributed by atoms with Crippen molar-refractivity contribution >= 4 is 0 Å². The van der Waals surface area contributed by atoms with Crippen LogP contribution in [0.2, 0.25) is 0 Å². The number of hydrogen-bond donors (Lipinski definition) is 2. The van der Waals surface area contributed by atoms with Crippen molar-refractivity contribution in [1.82, 2.24) is 5.32 Å². The first kappa shape index (κ1) is 8.30. The van der Waals surface area contributed by atoms with Crippen LogP contribution in [0.3, 0.4) is 0 Å². The molecule has 0 spiro atoms. The molecule has 11 heavy (non-hydrogen) atoms. The van der Waals surface area contributed by atoms with Crippen LogP contribution in [0, 0.1) is 0 Å². The standard InChI is InChI=1S/C8H13NO2/c10-6-3-7-11-8-4-1-2-5-9-8/h1-2,4-5,8-10H,3,6-7H2. The van der Waals surface area contributed by atoms with Crippen molar-refractivity contribution in [2.45, 2.75) is 12.6 Å². The Morgan fingerprint density at radius 2 is 2.36 bits per heavy atom. The van der Waals surface area contributed by atoms with E-state index in [1.165, 1.54) is 0 Å². The lowest BCUT2D eigenvalue weighted by atomic mass is 10.3. The average Bonchev–Trinajstić information content (AvgIpc) is 2.07. The Morgan fingerprint density at radius 3 is 3.00 bits per heavy atom. The zero-order valence-electron chi connectivity index (χ0n) is 6.36. The Bertz CT molecular complexity index is 154. The highest BCUT2D eigenvalue weighted by Crippen LogP contribution is 1.96. The molecule has 1 rings (SSSR count). The molecule has 0 aliphatic carbocycles. The van der Waals surface area contributed by atoms with Gasteiger partial charge in [-0.3, -0.25) is 0 Å². The van der Waals surface area contributed by atoms with E-state index in [9.17, 15) is 0 Å². The topological polar surface area (TPSA) is 41.5 Å². The van der Waals surface area contributed by atoms with E-state index in [-0.39, 0.29) is 12.8 Å². The third kappa shape index (κ3) is 3.20. The fourth-order valence-electron chi connectivity index (χ4n) is 0.805. The lowest BCUT2D eigenvalue weighted by molar-refractivity contribution is 0.0604. The summed E-state index contributed by atoms with van der Waals surface area (Å²) in [7, 11) is 0. The van der Waals surface area contributed by atoms with E-state index in [2.05, 4.69) is 5.32 Å². The second-order valence-corrected chi connectivity index (χ2v) is 2.28. The smallest absolute Gasteiger partial charge is 0.146 e. The third-order valence-electron chi connectivity index (χ3n) is 1.35. The zero-order chi connectivity index (χ0) is 7.94. The van der Waals surface area contributed by atoms with Gasteiger partial charge in [-0.2, -0.15) is 0 Å². The molecule has 1 aliphatic heterocycles. The summed E-state index contributed by atoms with van der Waals surface area (Å²) >= 11 is 0. The first-order valence-electron chi connectivity index (χ1n) is 3.75. The number of dihydropyridines is 1. The molecular weight excluding hydrogens is 142 g/mol. The minimum Gasteiger partial charge on any atom is -0.396 e. The zero-order valence-corrected chi connectivity index (χ0v) is 6.36. The Labute approximate surface area is 66.4 Å². The van der Waals surface area contributed by atoms with E-state index in [4.69, 9.17) is 9.84 Å². The summed E-state index contributed by atoms with van der Waals surface area (Å²) < 4.78 is 5.31. The van der Waals surface area contributed by atoms with Crippen molar-refractivity contribution in [3.8, 4) is 0 Å². The highest BCUT2D eigenvalue weighted by Gasteiger charge is 2.01. The quantitative estimate of drug-likeness (QED) is 0.577. The highest BCUT2D eigenvalue weighted by atomic mass is 16.5. The van der Waals surface area contributed by atoms with Crippen molar-refractivity contribution in [2.24, 2.45) is 0 Å². The summed E-state index contributed by atoms with van der Waals surface area (Å²) in [5.41, 5.74) is 0. The predicted octanol–water partition coefficient (Wildman–Crippen LogP) is 0.385. The average molecular weight is 155 g/mol. The van der Waals surface area contributed by atoms with Crippen molar-refractivity contribution < 1.29 is 9.84 Å². The predicted molar refractivity (Wildman–Crippen MR) is 42.9 cm³/mol. The van der Waals surface area contributed by atoms with Gasteiger partial charge in [0.05, 0.1) is 6.61 Å². The van der Waals surface area contributed by atoms with Crippen LogP contribution in [0.1, 0.15) is 6.42 Å². The van der Waals surface area contributed by atoms with Gasteiger partial charge in [0.25, 0.3) is 0 Å². The van der Waals surface area contributed by atoms with Gasteiger partial charge < -0.3 is 15.2 Å². The number of aliphatic hydroxyl groups excluding tert-OH is 1. The molecule has 0 aromatic heterocycles. The van der Waals surface area contributed by atoms with Gasteiger partial charge in [-0.15, -0.1) is 0 Å². The van der Waals surface area contributed by atoms with E-state index in [1.807, 2.05) is 24.4 Å². The molecule has 62 valence electrons. The second kappa shape index (κ2) is 4.93. The van der Waals surface area contributed by atoms with Crippen LogP contribution in [-0.4, -0.2) is 24.5 Å². The summed E-state index contributed by atoms with van der Waals surface area (Å²) in [6.07, 6.45) is 8.27. The van der Waals surface area contributed by atoms with Crippen molar-refractivity contribution in [2.75, 3.05) is 13.2 Å². The van der Waals surface area contributed by atoms with Crippen molar-refractivity contribution in [3.63, 3.8) is 0 Å². The summed E-state index contributed by atoms with van der Waals surface area (Å²) in [5.74, 6) is 0. The number of hydrogen-bond acceptors (Lipinski definition) is 3. The Kier molecular flexibility index (Phi) is 3.72. The van der Waals surface area contributed by atoms with Crippen molar-refractivity contribution in [1.29, 1.82) is 0 Å². The first-order chi connectivity index (χ1) is 5.43. The Morgan fingerprint density at radius 1 is 1.45 bits per heavy atom. The minimum absolute atomic E-state index is 0.0217. The summed E-state index contributed by atoms with van der Waals surface area (Å²) in [4.78, 5) is 0. The normalized spacial score (nSPS) is 21.7. The minimum atomic E-state index is -0.0217. The van der Waals surface area contributed by atoms with E-state index < -0.39 is 0 Å². The van der Waals surface area contributed by atoms with Gasteiger partial charge in [0.1, 0.15) is 6.23 Å². The van der Waals surface area contributed by atoms with E-state index >= 15 is 0 Å². The van der Waals surface area contributed by atoms with E-state index in [0.29, 0.717) is 13.0 Å². The molecular formula is C8H13NO2. The molecule has 1 heterocycles. The lowest BCUT2D eigenvalue weighted by Crippen LogP contribution is -2.27. The van der Waals surface area contributed by atoms with Crippen LogP contribution in [-0.2, 0) is 4.74 Å². The molecule has 0 saturated heterocycles. The number of ether oxygens (including phenoxy) is 1. The van der Waals surface area contributed by atoms with Crippen molar-refractivity contribution in [3.05, 3.63) is 24.4 Å². The lowest BCUT2D eigenvalue weighted by Gasteiger charge is -2.15. The van der Waals surface area contributed by atoms with Crippen LogP contribution < -0.4 is 5.32 Å². The molecule has 1 aliphatic rings. The summed E-state index contributed by atoms with van der Waals surface area (Å²) in [6, 6.07) is 0. The molecule has 1 unspecified atom stereocenters. The van der Waals surface area contributed by atoms with E-state index in [1.54, 1.807) is 0 Å². The summed E-state index contributed by atoms with van der Waals surface area (Å²) in [6.45, 7) is 0.776. The van der Waals surface area contributed by atoms with Gasteiger partial charge in [0, 0.05) is 6.61 Å². The fourth-order valence-corrected chi connectivity index (χ4v) is 0.805. The van der Waals surface area contributed by atoms with Crippen LogP contribution >= 0.6 is 0 Å². The molecule has 0 aromatic rings. The number of nitrogens with one attached hydrogen (secondary N) is 1. The van der Waals surface area contributed by atoms with Crippen LogP contribution in [0.15, 0.2) is 24.4 Å². The van der Waals surface area contributed by atoms with Gasteiger partial charge >= 0.3 is 0 Å². The Balaban J connectivity index is 2.07. The molecule has 0 bridgehead atoms. The monoisotopic (exact) mass is 155 g/mol. The number of allylic oxidation sites excluding steroid dienone is 2. The van der Waals surface area contributed by atoms with Gasteiger partial charge in [-0.1, -0.05) is 6.08 Å². The molecule has 0 amide bonds. The molecule has 0 aromatic carbocycles. The molecule has 0 saturated carbocycles. The van der Waals surface area contributed by atoms with Gasteiger partial charge in [-0.05, 0) is 24.8 Å². The maximum Gasteiger partial charge on any atom is 0.146 e. The molecule has 0 radical (unpaired) electrons. The van der Waals surface area contributed by atoms with Gasteiger partial charge in [-0.25, -0.2) is 0 Å². The highest BCUT2D eigenvalue weighted by molar-refractivity contribution is 5.09. The number of aliphatic hydroxyl groups is 1. The molecule has 3 nitrogen and oxygen atoms in total. The second-order valence-electron chi connectivity index (χ2n) is 2.28. The maximum atomic E-state index is 8.46. The fraction of sp³-hybridized carbons (Fsp3) is 0.500. The molecule has 0 fully saturated rings. The third-order valence-corrected chi connectivity index (χ3v) is 1.35. The van der Waals surface area contributed by atoms with Gasteiger partial charge in [0.15, 0.2) is 0 Å². The number of rotatable bonds is 4. The first-order valence-corrected chi connectivity index (χ1v) is 3.75. The van der Waals surface area contributed by atoms with Crippen LogP contribution in [0.4, 0.5) is 0 Å². The van der Waals surface area contributed by atoms with E-state index in [0.717, 1.165) is 0 Å². The van der Waals surface area contributed by atoms with Gasteiger partial charge in [0.2, 0.25) is 0 Å². The largest absolute Gasteiger partial charge is 0.396 e. The summed E-state index contributed by atoms with van der Waals surface area (Å²) in [5, 5.41) is 11.5. The SMILES string of the molecule is OCCCOC1C=CC=CN1. The Hall–Kier alpha value is -0.800. The molecule has 1 atom stereocenters. The molecule has 2 N–H and O–H groups in total. The van der Waals surface area contributed by atoms with Crippen LogP contribution in [0.5, 0.6) is 0 Å². The van der Waals surface area contributed by atoms with Crippen LogP contribution in [0.25, 0.3) is 0 Å². The maximum absolute atomic E-state index is 8.46.